The van der Waals surface area contributed by atoms with Crippen molar-refractivity contribution in [3.8, 4) is 0 Å². The Morgan fingerprint density at radius 1 is 1.12 bits per heavy atom. The SMILES string of the molecule is c1ccc2c(c1)c1c3c(nccn32)CCC1. The number of hydrogen-bond acceptors (Lipinski definition) is 1. The third kappa shape index (κ3) is 0.896. The van der Waals surface area contributed by atoms with Crippen LogP contribution in [0.3, 0.4) is 0 Å². The van der Waals surface area contributed by atoms with E-state index in [2.05, 4.69) is 39.8 Å². The molecule has 0 spiro atoms. The monoisotopic (exact) mass is 208 g/mol. The van der Waals surface area contributed by atoms with Crippen LogP contribution < -0.4 is 0 Å². The molecule has 2 nitrogen and oxygen atoms in total. The molecule has 1 aromatic carbocycles. The van der Waals surface area contributed by atoms with Gasteiger partial charge in [0.15, 0.2) is 0 Å². The molecule has 0 amide bonds. The van der Waals surface area contributed by atoms with Crippen LogP contribution in [-0.2, 0) is 12.8 Å². The maximum atomic E-state index is 4.51. The second-order valence-corrected chi connectivity index (χ2v) is 4.44. The summed E-state index contributed by atoms with van der Waals surface area (Å²) in [6, 6.07) is 8.66. The fourth-order valence-corrected chi connectivity index (χ4v) is 2.92. The fourth-order valence-electron chi connectivity index (χ4n) is 2.92. The molecule has 0 aliphatic heterocycles. The van der Waals surface area contributed by atoms with Gasteiger partial charge in [-0.1, -0.05) is 18.2 Å². The normalized spacial score (nSPS) is 14.8. The summed E-state index contributed by atoms with van der Waals surface area (Å²) in [5.74, 6) is 0. The minimum absolute atomic E-state index is 1.12. The van der Waals surface area contributed by atoms with Gasteiger partial charge in [0.05, 0.1) is 16.7 Å². The van der Waals surface area contributed by atoms with Gasteiger partial charge in [0.2, 0.25) is 0 Å². The molecule has 16 heavy (non-hydrogen) atoms. The highest BCUT2D eigenvalue weighted by atomic mass is 14.9. The van der Waals surface area contributed by atoms with E-state index in [1.165, 1.54) is 40.5 Å². The fraction of sp³-hybridized carbons (Fsp3) is 0.214. The Morgan fingerprint density at radius 3 is 3.06 bits per heavy atom. The largest absolute Gasteiger partial charge is 0.313 e. The molecule has 0 N–H and O–H groups in total. The molecule has 0 fully saturated rings. The van der Waals surface area contributed by atoms with Crippen LogP contribution >= 0.6 is 0 Å². The van der Waals surface area contributed by atoms with Crippen molar-refractivity contribution in [3.05, 3.63) is 47.9 Å². The third-order valence-electron chi connectivity index (χ3n) is 3.58. The van der Waals surface area contributed by atoms with Gasteiger partial charge < -0.3 is 4.40 Å². The highest BCUT2D eigenvalue weighted by molar-refractivity contribution is 5.93. The number of fused-ring (bicyclic) bond motifs is 3. The topological polar surface area (TPSA) is 17.3 Å². The molecular weight excluding hydrogens is 196 g/mol. The first kappa shape index (κ1) is 8.34. The predicted molar refractivity (Wildman–Crippen MR) is 64.7 cm³/mol. The van der Waals surface area contributed by atoms with Crippen molar-refractivity contribution in [2.45, 2.75) is 19.3 Å². The molecule has 0 saturated carbocycles. The lowest BCUT2D eigenvalue weighted by molar-refractivity contribution is 0.780. The van der Waals surface area contributed by atoms with E-state index in [-0.39, 0.29) is 0 Å². The van der Waals surface area contributed by atoms with Gasteiger partial charge in [0.1, 0.15) is 0 Å². The van der Waals surface area contributed by atoms with Gasteiger partial charge in [-0.3, -0.25) is 4.98 Å². The number of rotatable bonds is 0. The number of nitrogens with zero attached hydrogens (tertiary/aromatic N) is 2. The summed E-state index contributed by atoms with van der Waals surface area (Å²) < 4.78 is 2.30. The first-order valence-electron chi connectivity index (χ1n) is 5.81. The Labute approximate surface area is 93.5 Å². The summed E-state index contributed by atoms with van der Waals surface area (Å²) >= 11 is 0. The molecular formula is C14H12N2. The molecule has 0 radical (unpaired) electrons. The van der Waals surface area contributed by atoms with E-state index in [0.717, 1.165) is 6.42 Å². The molecule has 0 saturated heterocycles. The van der Waals surface area contributed by atoms with Crippen molar-refractivity contribution in [1.82, 2.24) is 9.38 Å². The van der Waals surface area contributed by atoms with Crippen LogP contribution in [0.5, 0.6) is 0 Å². The van der Waals surface area contributed by atoms with E-state index in [1.807, 2.05) is 6.20 Å². The maximum absolute atomic E-state index is 4.51. The molecule has 1 aliphatic rings. The van der Waals surface area contributed by atoms with Crippen LogP contribution in [0.25, 0.3) is 16.4 Å². The van der Waals surface area contributed by atoms with Crippen LogP contribution in [0.4, 0.5) is 0 Å². The maximum Gasteiger partial charge on any atom is 0.0710 e. The van der Waals surface area contributed by atoms with Crippen molar-refractivity contribution >= 4 is 16.4 Å². The van der Waals surface area contributed by atoms with Crippen LogP contribution in [0.15, 0.2) is 36.7 Å². The predicted octanol–water partition coefficient (Wildman–Crippen LogP) is 2.98. The molecule has 0 unspecified atom stereocenters. The van der Waals surface area contributed by atoms with E-state index >= 15 is 0 Å². The summed E-state index contributed by atoms with van der Waals surface area (Å²) in [7, 11) is 0. The van der Waals surface area contributed by atoms with Crippen molar-refractivity contribution in [2.75, 3.05) is 0 Å². The number of benzene rings is 1. The summed E-state index contributed by atoms with van der Waals surface area (Å²) in [5.41, 5.74) is 5.43. The minimum atomic E-state index is 1.12. The zero-order valence-electron chi connectivity index (χ0n) is 8.98. The van der Waals surface area contributed by atoms with E-state index in [4.69, 9.17) is 0 Å². The van der Waals surface area contributed by atoms with Crippen molar-refractivity contribution in [1.29, 1.82) is 0 Å². The van der Waals surface area contributed by atoms with Crippen molar-refractivity contribution in [2.24, 2.45) is 0 Å². The summed E-state index contributed by atoms with van der Waals surface area (Å²) in [5, 5.41) is 1.40. The highest BCUT2D eigenvalue weighted by Gasteiger charge is 2.18. The first-order valence-corrected chi connectivity index (χ1v) is 5.81. The van der Waals surface area contributed by atoms with Gasteiger partial charge in [-0.05, 0) is 30.9 Å². The molecule has 2 heteroatoms. The average molecular weight is 208 g/mol. The lowest BCUT2D eigenvalue weighted by atomic mass is 9.98. The van der Waals surface area contributed by atoms with Crippen LogP contribution in [-0.4, -0.2) is 9.38 Å². The summed E-state index contributed by atoms with van der Waals surface area (Å²) in [6.45, 7) is 0. The van der Waals surface area contributed by atoms with Crippen molar-refractivity contribution < 1.29 is 0 Å². The van der Waals surface area contributed by atoms with Crippen LogP contribution in [0, 0.1) is 0 Å². The third-order valence-corrected chi connectivity index (χ3v) is 3.58. The number of aryl methyl sites for hydroxylation is 2. The average Bonchev–Trinajstić information content (AvgIpc) is 2.68. The molecule has 0 bridgehead atoms. The van der Waals surface area contributed by atoms with Gasteiger partial charge in [0, 0.05) is 17.8 Å². The zero-order valence-corrected chi connectivity index (χ0v) is 8.98. The molecule has 0 atom stereocenters. The van der Waals surface area contributed by atoms with Crippen LogP contribution in [0.2, 0.25) is 0 Å². The van der Waals surface area contributed by atoms with Gasteiger partial charge in [-0.15, -0.1) is 0 Å². The van der Waals surface area contributed by atoms with E-state index in [1.54, 1.807) is 0 Å². The zero-order chi connectivity index (χ0) is 10.5. The lowest BCUT2D eigenvalue weighted by Gasteiger charge is -2.11. The van der Waals surface area contributed by atoms with Gasteiger partial charge in [-0.2, -0.15) is 0 Å². The number of para-hydroxylation sites is 1. The number of aromatic nitrogens is 2. The molecule has 4 rings (SSSR count). The highest BCUT2D eigenvalue weighted by Crippen LogP contribution is 2.32. The molecule has 78 valence electrons. The molecule has 2 aromatic heterocycles. The second kappa shape index (κ2) is 2.85. The van der Waals surface area contributed by atoms with E-state index in [9.17, 15) is 0 Å². The standard InChI is InChI=1S/C14H12N2/c1-2-7-13-10(4-1)11-5-3-6-12-14(11)16(13)9-8-15-12/h1-2,4,7-9H,3,5-6H2. The Bertz CT molecular complexity index is 694. The second-order valence-electron chi connectivity index (χ2n) is 4.44. The summed E-state index contributed by atoms with van der Waals surface area (Å²) in [4.78, 5) is 4.51. The smallest absolute Gasteiger partial charge is 0.0710 e. The van der Waals surface area contributed by atoms with Gasteiger partial charge in [-0.25, -0.2) is 0 Å². The molecule has 1 aliphatic carbocycles. The molecule has 2 heterocycles. The quantitative estimate of drug-likeness (QED) is 0.555. The van der Waals surface area contributed by atoms with E-state index in [0.29, 0.717) is 0 Å². The Balaban J connectivity index is 2.36. The van der Waals surface area contributed by atoms with Crippen molar-refractivity contribution in [3.63, 3.8) is 0 Å². The minimum Gasteiger partial charge on any atom is -0.313 e. The van der Waals surface area contributed by atoms with Crippen LogP contribution in [0.1, 0.15) is 17.7 Å². The lowest BCUT2D eigenvalue weighted by Crippen LogP contribution is -2.03. The van der Waals surface area contributed by atoms with Gasteiger partial charge >= 0.3 is 0 Å². The summed E-state index contributed by atoms with van der Waals surface area (Å²) in [6.07, 6.45) is 7.54. The van der Waals surface area contributed by atoms with Gasteiger partial charge in [0.25, 0.3) is 0 Å². The Kier molecular flexibility index (Phi) is 1.48. The van der Waals surface area contributed by atoms with E-state index < -0.39 is 0 Å². The first-order chi connectivity index (χ1) is 7.95. The Morgan fingerprint density at radius 2 is 2.06 bits per heavy atom. The molecule has 3 aromatic rings. The number of hydrogen-bond donors (Lipinski definition) is 0. The Hall–Kier alpha value is -1.83.